The molecule has 0 radical (unpaired) electrons. The summed E-state index contributed by atoms with van der Waals surface area (Å²) in [6.45, 7) is 2.09. The lowest BCUT2D eigenvalue weighted by atomic mass is 9.83. The molecule has 0 aliphatic heterocycles. The number of halogens is 6. The highest BCUT2D eigenvalue weighted by Crippen LogP contribution is 2.36. The number of hydrogen-bond donors (Lipinski definition) is 2. The fourth-order valence-corrected chi connectivity index (χ4v) is 3.95. The first kappa shape index (κ1) is 23.5. The molecule has 0 bridgehead atoms. The second-order valence-corrected chi connectivity index (χ2v) is 8.70. The summed E-state index contributed by atoms with van der Waals surface area (Å²) in [7, 11) is -4.45. The molecule has 0 spiro atoms. The predicted octanol–water partition coefficient (Wildman–Crippen LogP) is 4.11. The van der Waals surface area contributed by atoms with Crippen LogP contribution in [0.1, 0.15) is 54.1 Å². The van der Waals surface area contributed by atoms with Crippen LogP contribution >= 0.6 is 0 Å². The zero-order valence-corrected chi connectivity index (χ0v) is 16.1. The Balaban J connectivity index is 2.14. The van der Waals surface area contributed by atoms with Gasteiger partial charge < -0.3 is 0 Å². The maximum absolute atomic E-state index is 12.9. The maximum atomic E-state index is 12.9. The van der Waals surface area contributed by atoms with Gasteiger partial charge in [-0.1, -0.05) is 19.8 Å². The molecule has 1 aromatic rings. The van der Waals surface area contributed by atoms with Crippen LogP contribution in [0.5, 0.6) is 0 Å². The average Bonchev–Trinajstić information content (AvgIpc) is 2.59. The fraction of sp³-hybridized carbons (Fsp3) is 0.588. The molecule has 1 amide bonds. The molecule has 1 saturated carbocycles. The molecule has 12 heteroatoms. The Morgan fingerprint density at radius 1 is 0.966 bits per heavy atom. The van der Waals surface area contributed by atoms with E-state index >= 15 is 0 Å². The Bertz CT molecular complexity index is 811. The number of benzene rings is 1. The molecule has 164 valence electrons. The minimum Gasteiger partial charge on any atom is -0.268 e. The van der Waals surface area contributed by atoms with Gasteiger partial charge in [-0.25, -0.2) is 4.72 Å². The van der Waals surface area contributed by atoms with Crippen LogP contribution in [0.2, 0.25) is 0 Å². The van der Waals surface area contributed by atoms with E-state index in [-0.39, 0.29) is 30.7 Å². The highest BCUT2D eigenvalue weighted by Gasteiger charge is 2.37. The largest absolute Gasteiger partial charge is 0.416 e. The van der Waals surface area contributed by atoms with Crippen LogP contribution in [0.3, 0.4) is 0 Å². The highest BCUT2D eigenvalue weighted by molar-refractivity contribution is 7.88. The molecule has 1 aromatic carbocycles. The van der Waals surface area contributed by atoms with Crippen molar-refractivity contribution in [3.8, 4) is 0 Å². The van der Waals surface area contributed by atoms with E-state index in [4.69, 9.17) is 0 Å². The third kappa shape index (κ3) is 6.88. The van der Waals surface area contributed by atoms with Gasteiger partial charge in [0.15, 0.2) is 0 Å². The molecular weight excluding hydrogens is 426 g/mol. The van der Waals surface area contributed by atoms with Crippen LogP contribution in [0.4, 0.5) is 26.3 Å². The predicted molar refractivity (Wildman–Crippen MR) is 92.0 cm³/mol. The van der Waals surface area contributed by atoms with Crippen molar-refractivity contribution in [3.63, 3.8) is 0 Å². The Morgan fingerprint density at radius 3 is 1.90 bits per heavy atom. The molecule has 2 N–H and O–H groups in total. The van der Waals surface area contributed by atoms with Gasteiger partial charge in [0, 0.05) is 12.1 Å². The summed E-state index contributed by atoms with van der Waals surface area (Å²) in [6, 6.07) is 0.193. The zero-order chi connectivity index (χ0) is 22.0. The summed E-state index contributed by atoms with van der Waals surface area (Å²) in [4.78, 5) is 12.0. The van der Waals surface area contributed by atoms with Crippen LogP contribution in [-0.4, -0.2) is 20.9 Å². The SMILES string of the molecule is CC1CCC(CNS(=O)(=O)NC(=O)c2cc(C(F)(F)F)cc(C(F)(F)F)c2)CC1. The van der Waals surface area contributed by atoms with E-state index in [0.717, 1.165) is 25.7 Å². The van der Waals surface area contributed by atoms with Gasteiger partial charge in [-0.15, -0.1) is 0 Å². The molecule has 1 fully saturated rings. The smallest absolute Gasteiger partial charge is 0.268 e. The minimum absolute atomic E-state index is 0.0196. The lowest BCUT2D eigenvalue weighted by molar-refractivity contribution is -0.143. The van der Waals surface area contributed by atoms with Gasteiger partial charge in [0.25, 0.3) is 5.91 Å². The van der Waals surface area contributed by atoms with Gasteiger partial charge in [-0.2, -0.15) is 39.5 Å². The van der Waals surface area contributed by atoms with Crippen LogP contribution in [-0.2, 0) is 22.6 Å². The summed E-state index contributed by atoms with van der Waals surface area (Å²) in [5.41, 5.74) is -4.48. The van der Waals surface area contributed by atoms with Crippen LogP contribution in [0.15, 0.2) is 18.2 Å². The number of amides is 1. The van der Waals surface area contributed by atoms with E-state index in [9.17, 15) is 39.6 Å². The van der Waals surface area contributed by atoms with E-state index in [0.29, 0.717) is 5.92 Å². The van der Waals surface area contributed by atoms with Crippen molar-refractivity contribution >= 4 is 16.1 Å². The van der Waals surface area contributed by atoms with Crippen molar-refractivity contribution < 1.29 is 39.6 Å². The molecule has 1 aliphatic rings. The fourth-order valence-electron chi connectivity index (χ4n) is 3.06. The summed E-state index contributed by atoms with van der Waals surface area (Å²) < 4.78 is 105. The van der Waals surface area contributed by atoms with E-state index in [1.54, 1.807) is 0 Å². The molecule has 0 heterocycles. The van der Waals surface area contributed by atoms with Gasteiger partial charge in [-0.05, 0) is 42.9 Å². The number of rotatable bonds is 5. The average molecular weight is 446 g/mol. The number of nitrogens with one attached hydrogen (secondary N) is 2. The van der Waals surface area contributed by atoms with Gasteiger partial charge in [0.1, 0.15) is 0 Å². The van der Waals surface area contributed by atoms with E-state index in [2.05, 4.69) is 11.6 Å². The van der Waals surface area contributed by atoms with Crippen molar-refractivity contribution in [2.75, 3.05) is 6.54 Å². The van der Waals surface area contributed by atoms with Gasteiger partial charge in [0.05, 0.1) is 11.1 Å². The van der Waals surface area contributed by atoms with Crippen LogP contribution in [0.25, 0.3) is 0 Å². The molecular formula is C17H20F6N2O3S. The minimum atomic E-state index is -5.15. The number of alkyl halides is 6. The monoisotopic (exact) mass is 446 g/mol. The summed E-state index contributed by atoms with van der Waals surface area (Å²) in [5, 5.41) is 0. The molecule has 0 saturated heterocycles. The second-order valence-electron chi connectivity index (χ2n) is 7.20. The highest BCUT2D eigenvalue weighted by atomic mass is 32.2. The van der Waals surface area contributed by atoms with Crippen molar-refractivity contribution in [1.82, 2.24) is 9.44 Å². The van der Waals surface area contributed by atoms with Gasteiger partial charge in [-0.3, -0.25) is 4.79 Å². The lowest BCUT2D eigenvalue weighted by Crippen LogP contribution is -2.42. The first-order valence-electron chi connectivity index (χ1n) is 8.78. The zero-order valence-electron chi connectivity index (χ0n) is 15.3. The molecule has 29 heavy (non-hydrogen) atoms. The van der Waals surface area contributed by atoms with E-state index in [1.165, 1.54) is 4.72 Å². The summed E-state index contributed by atoms with van der Waals surface area (Å²) in [6.07, 6.45) is -6.90. The quantitative estimate of drug-likeness (QED) is 0.669. The molecule has 0 atom stereocenters. The Hall–Kier alpha value is -1.82. The third-order valence-corrected chi connectivity index (χ3v) is 5.78. The first-order chi connectivity index (χ1) is 13.2. The molecule has 2 rings (SSSR count). The van der Waals surface area contributed by atoms with E-state index in [1.807, 2.05) is 0 Å². The lowest BCUT2D eigenvalue weighted by Gasteiger charge is -2.26. The number of hydrogen-bond acceptors (Lipinski definition) is 3. The first-order valence-corrected chi connectivity index (χ1v) is 10.3. The Morgan fingerprint density at radius 2 is 1.45 bits per heavy atom. The molecule has 0 aromatic heterocycles. The molecule has 1 aliphatic carbocycles. The third-order valence-electron chi connectivity index (χ3n) is 4.77. The van der Waals surface area contributed by atoms with Gasteiger partial charge >= 0.3 is 22.6 Å². The Labute approximate surface area is 164 Å². The van der Waals surface area contributed by atoms with Crippen LogP contribution in [0, 0.1) is 11.8 Å². The van der Waals surface area contributed by atoms with Crippen molar-refractivity contribution in [3.05, 3.63) is 34.9 Å². The number of carbonyl (C=O) groups excluding carboxylic acids is 1. The van der Waals surface area contributed by atoms with Crippen LogP contribution < -0.4 is 9.44 Å². The Kier molecular flexibility index (Phi) is 6.88. The standard InChI is InChI=1S/C17H20F6N2O3S/c1-10-2-4-11(5-3-10)9-24-29(27,28)25-15(26)12-6-13(16(18,19)20)8-14(7-12)17(21,22)23/h6-8,10-11,24H,2-5,9H2,1H3,(H,25,26). The maximum Gasteiger partial charge on any atom is 0.416 e. The topological polar surface area (TPSA) is 75.3 Å². The summed E-state index contributed by atoms with van der Waals surface area (Å²) >= 11 is 0. The van der Waals surface area contributed by atoms with Crippen molar-refractivity contribution in [1.29, 1.82) is 0 Å². The molecule has 0 unspecified atom stereocenters. The van der Waals surface area contributed by atoms with E-state index < -0.39 is 45.2 Å². The summed E-state index contributed by atoms with van der Waals surface area (Å²) in [5.74, 6) is -1.01. The molecule has 5 nitrogen and oxygen atoms in total. The van der Waals surface area contributed by atoms with Gasteiger partial charge in [0.2, 0.25) is 0 Å². The number of carbonyl (C=O) groups is 1. The normalized spacial score (nSPS) is 21.1. The second kappa shape index (κ2) is 8.50. The van der Waals surface area contributed by atoms with Crippen molar-refractivity contribution in [2.45, 2.75) is 45.0 Å². The van der Waals surface area contributed by atoms with Crippen molar-refractivity contribution in [2.24, 2.45) is 11.8 Å².